The lowest BCUT2D eigenvalue weighted by Crippen LogP contribution is -2.54. The molecule has 2 aliphatic rings. The first-order valence-electron chi connectivity index (χ1n) is 13.3. The summed E-state index contributed by atoms with van der Waals surface area (Å²) in [7, 11) is 0. The summed E-state index contributed by atoms with van der Waals surface area (Å²) in [4.78, 5) is 17.9. The molecule has 0 spiro atoms. The highest BCUT2D eigenvalue weighted by Gasteiger charge is 2.39. The second-order valence-electron chi connectivity index (χ2n) is 10.1. The van der Waals surface area contributed by atoms with E-state index >= 15 is 0 Å². The van der Waals surface area contributed by atoms with Gasteiger partial charge in [-0.05, 0) is 49.4 Å². The standard InChI is InChI=1S/C31H37N3O2/c1-3-22-36-31(26-14-8-5-9-15-26)18-20-33(21-19-31)23-24(2)34-28-17-11-10-16-27(28)30(35)32-29(34)25-12-6-4-7-13-25/h4-17,24,29H,3,18-23H2,1-2H3,(H,32,35). The Labute approximate surface area is 215 Å². The van der Waals surface area contributed by atoms with Crippen molar-refractivity contribution in [2.45, 2.75) is 50.9 Å². The zero-order valence-corrected chi connectivity index (χ0v) is 21.4. The third kappa shape index (κ3) is 4.91. The molecule has 5 rings (SSSR count). The lowest BCUT2D eigenvalue weighted by Gasteiger charge is -2.46. The first kappa shape index (κ1) is 24.5. The van der Waals surface area contributed by atoms with Gasteiger partial charge in [-0.15, -0.1) is 0 Å². The van der Waals surface area contributed by atoms with Crippen molar-refractivity contribution in [1.29, 1.82) is 0 Å². The molecule has 0 aliphatic carbocycles. The SMILES string of the molecule is CCCOC1(c2ccccc2)CCN(CC(C)N2c3ccccc3C(=O)NC2c2ccccc2)CC1. The number of nitrogens with zero attached hydrogens (tertiary/aromatic N) is 2. The van der Waals surface area contributed by atoms with Gasteiger partial charge in [-0.2, -0.15) is 0 Å². The molecule has 3 aromatic rings. The molecule has 3 aromatic carbocycles. The number of nitrogens with one attached hydrogen (secondary N) is 1. The molecule has 2 atom stereocenters. The molecule has 1 amide bonds. The maximum absolute atomic E-state index is 13.0. The van der Waals surface area contributed by atoms with Crippen LogP contribution < -0.4 is 10.2 Å². The number of piperidine rings is 1. The maximum atomic E-state index is 13.0. The number of anilines is 1. The molecule has 1 fully saturated rings. The Kier molecular flexibility index (Phi) is 7.40. The van der Waals surface area contributed by atoms with Crippen LogP contribution >= 0.6 is 0 Å². The molecule has 2 unspecified atom stereocenters. The summed E-state index contributed by atoms with van der Waals surface area (Å²) in [5.74, 6) is -0.0124. The monoisotopic (exact) mass is 483 g/mol. The van der Waals surface area contributed by atoms with Crippen LogP contribution in [-0.4, -0.2) is 43.1 Å². The van der Waals surface area contributed by atoms with E-state index in [0.717, 1.165) is 62.3 Å². The van der Waals surface area contributed by atoms with E-state index in [9.17, 15) is 4.79 Å². The van der Waals surface area contributed by atoms with Gasteiger partial charge in [0.25, 0.3) is 5.91 Å². The first-order chi connectivity index (χ1) is 17.6. The van der Waals surface area contributed by atoms with Crippen molar-refractivity contribution in [3.05, 3.63) is 102 Å². The van der Waals surface area contributed by atoms with Crippen LogP contribution in [0.4, 0.5) is 5.69 Å². The minimum Gasteiger partial charge on any atom is -0.370 e. The van der Waals surface area contributed by atoms with Crippen LogP contribution in [0.15, 0.2) is 84.9 Å². The van der Waals surface area contributed by atoms with Gasteiger partial charge in [0.1, 0.15) is 6.17 Å². The van der Waals surface area contributed by atoms with Gasteiger partial charge in [-0.1, -0.05) is 79.7 Å². The van der Waals surface area contributed by atoms with Gasteiger partial charge in [-0.25, -0.2) is 0 Å². The topological polar surface area (TPSA) is 44.8 Å². The Morgan fingerprint density at radius 3 is 2.28 bits per heavy atom. The van der Waals surface area contributed by atoms with Gasteiger partial charge in [0.2, 0.25) is 0 Å². The smallest absolute Gasteiger partial charge is 0.255 e. The quantitative estimate of drug-likeness (QED) is 0.444. The van der Waals surface area contributed by atoms with Gasteiger partial charge in [-0.3, -0.25) is 4.79 Å². The number of rotatable bonds is 8. The number of carbonyl (C=O) groups is 1. The summed E-state index contributed by atoms with van der Waals surface area (Å²) < 4.78 is 6.52. The molecule has 1 saturated heterocycles. The summed E-state index contributed by atoms with van der Waals surface area (Å²) in [5.41, 5.74) is 3.94. The first-order valence-corrected chi connectivity index (χ1v) is 13.3. The lowest BCUT2D eigenvalue weighted by atomic mass is 9.84. The Morgan fingerprint density at radius 2 is 1.58 bits per heavy atom. The van der Waals surface area contributed by atoms with Crippen LogP contribution in [0.2, 0.25) is 0 Å². The minimum atomic E-state index is -0.199. The van der Waals surface area contributed by atoms with Crippen LogP contribution in [0.5, 0.6) is 0 Å². The summed E-state index contributed by atoms with van der Waals surface area (Å²) >= 11 is 0. The molecular formula is C31H37N3O2. The summed E-state index contributed by atoms with van der Waals surface area (Å²) in [5, 5.41) is 3.26. The highest BCUT2D eigenvalue weighted by molar-refractivity contribution is 6.02. The maximum Gasteiger partial charge on any atom is 0.255 e. The van der Waals surface area contributed by atoms with Crippen LogP contribution in [0.1, 0.15) is 60.8 Å². The normalized spacial score (nSPS) is 20.4. The third-order valence-electron chi connectivity index (χ3n) is 7.63. The predicted molar refractivity (Wildman–Crippen MR) is 145 cm³/mol. The number of likely N-dealkylation sites (tertiary alicyclic amines) is 1. The molecule has 1 N–H and O–H groups in total. The average molecular weight is 484 g/mol. The number of hydrogen-bond acceptors (Lipinski definition) is 4. The molecule has 5 heteroatoms. The van der Waals surface area contributed by atoms with E-state index in [-0.39, 0.29) is 23.7 Å². The fraction of sp³-hybridized carbons (Fsp3) is 0.387. The molecule has 2 heterocycles. The number of amides is 1. The van der Waals surface area contributed by atoms with E-state index in [2.05, 4.69) is 77.5 Å². The summed E-state index contributed by atoms with van der Waals surface area (Å²) in [6.07, 6.45) is 2.80. The van der Waals surface area contributed by atoms with Crippen molar-refractivity contribution < 1.29 is 9.53 Å². The number of ether oxygens (including phenoxy) is 1. The van der Waals surface area contributed by atoms with Crippen molar-refractivity contribution in [3.63, 3.8) is 0 Å². The fourth-order valence-corrected chi connectivity index (χ4v) is 5.79. The summed E-state index contributed by atoms with van der Waals surface area (Å²) in [6, 6.07) is 29.2. The minimum absolute atomic E-state index is 0.0124. The molecular weight excluding hydrogens is 446 g/mol. The average Bonchev–Trinajstić information content (AvgIpc) is 2.93. The van der Waals surface area contributed by atoms with Gasteiger partial charge >= 0.3 is 0 Å². The van der Waals surface area contributed by atoms with Crippen molar-refractivity contribution in [1.82, 2.24) is 10.2 Å². The number of para-hydroxylation sites is 1. The van der Waals surface area contributed by atoms with Crippen LogP contribution in [-0.2, 0) is 10.3 Å². The van der Waals surface area contributed by atoms with Gasteiger partial charge in [0.15, 0.2) is 0 Å². The van der Waals surface area contributed by atoms with E-state index < -0.39 is 0 Å². The van der Waals surface area contributed by atoms with E-state index in [4.69, 9.17) is 4.74 Å². The molecule has 2 aliphatic heterocycles. The number of benzene rings is 3. The van der Waals surface area contributed by atoms with Gasteiger partial charge < -0.3 is 19.9 Å². The Balaban J connectivity index is 1.35. The van der Waals surface area contributed by atoms with Crippen LogP contribution in [0.3, 0.4) is 0 Å². The zero-order valence-electron chi connectivity index (χ0n) is 21.4. The number of fused-ring (bicyclic) bond motifs is 1. The molecule has 188 valence electrons. The number of hydrogen-bond donors (Lipinski definition) is 1. The van der Waals surface area contributed by atoms with Crippen molar-refractivity contribution in [2.24, 2.45) is 0 Å². The molecule has 5 nitrogen and oxygen atoms in total. The Hall–Kier alpha value is -3.15. The Morgan fingerprint density at radius 1 is 0.944 bits per heavy atom. The van der Waals surface area contributed by atoms with E-state index in [1.807, 2.05) is 36.4 Å². The second kappa shape index (κ2) is 10.9. The van der Waals surface area contributed by atoms with E-state index in [1.54, 1.807) is 0 Å². The highest BCUT2D eigenvalue weighted by atomic mass is 16.5. The largest absolute Gasteiger partial charge is 0.370 e. The predicted octanol–water partition coefficient (Wildman–Crippen LogP) is 5.74. The zero-order chi connectivity index (χ0) is 25.0. The summed E-state index contributed by atoms with van der Waals surface area (Å²) in [6.45, 7) is 8.13. The lowest BCUT2D eigenvalue weighted by molar-refractivity contribution is -0.0901. The molecule has 0 radical (unpaired) electrons. The molecule has 0 bridgehead atoms. The van der Waals surface area contributed by atoms with E-state index in [1.165, 1.54) is 5.56 Å². The second-order valence-corrected chi connectivity index (χ2v) is 10.1. The highest BCUT2D eigenvalue weighted by Crippen LogP contribution is 2.38. The molecule has 0 saturated carbocycles. The van der Waals surface area contributed by atoms with E-state index in [0.29, 0.717) is 0 Å². The van der Waals surface area contributed by atoms with Crippen molar-refractivity contribution in [3.8, 4) is 0 Å². The van der Waals surface area contributed by atoms with Crippen molar-refractivity contribution in [2.75, 3.05) is 31.1 Å². The van der Waals surface area contributed by atoms with Crippen molar-refractivity contribution >= 4 is 11.6 Å². The fourth-order valence-electron chi connectivity index (χ4n) is 5.79. The van der Waals surface area contributed by atoms with Gasteiger partial charge in [0.05, 0.1) is 16.9 Å². The Bertz CT molecular complexity index is 1140. The third-order valence-corrected chi connectivity index (χ3v) is 7.63. The molecule has 0 aromatic heterocycles. The molecule has 36 heavy (non-hydrogen) atoms. The van der Waals surface area contributed by atoms with Crippen LogP contribution in [0, 0.1) is 0 Å². The van der Waals surface area contributed by atoms with Crippen LogP contribution in [0.25, 0.3) is 0 Å². The number of carbonyl (C=O) groups excluding carboxylic acids is 1. The van der Waals surface area contributed by atoms with Gasteiger partial charge in [0, 0.05) is 32.3 Å².